The minimum atomic E-state index is -1.07. The lowest BCUT2D eigenvalue weighted by molar-refractivity contribution is -0.890. The Bertz CT molecular complexity index is 1680. The normalized spacial score (nSPS) is 11.5. The number of esters is 1. The highest BCUT2D eigenvalue weighted by atomic mass is 19.2. The lowest BCUT2D eigenvalue weighted by Gasteiger charge is -2.29. The van der Waals surface area contributed by atoms with Crippen molar-refractivity contribution in [1.82, 2.24) is 19.7 Å². The maximum absolute atomic E-state index is 14.8. The monoisotopic (exact) mass is 639 g/mol. The summed E-state index contributed by atoms with van der Waals surface area (Å²) in [7, 11) is 6.84. The van der Waals surface area contributed by atoms with E-state index >= 15 is 0 Å². The van der Waals surface area contributed by atoms with Crippen molar-refractivity contribution in [3.05, 3.63) is 71.7 Å². The third-order valence-corrected chi connectivity index (χ3v) is 7.71. The van der Waals surface area contributed by atoms with Crippen LogP contribution in [0.3, 0.4) is 0 Å². The molecule has 2 aromatic heterocycles. The molecule has 0 aliphatic rings. The Hall–Kier alpha value is -4.62. The first-order valence-electron chi connectivity index (χ1n) is 15.1. The van der Waals surface area contributed by atoms with Gasteiger partial charge in [0.15, 0.2) is 23.0 Å². The molecular weight excluding hydrogens is 598 g/mol. The molecule has 2 aromatic carbocycles. The fourth-order valence-electron chi connectivity index (χ4n) is 5.03. The molecule has 11 nitrogen and oxygen atoms in total. The maximum Gasteiger partial charge on any atom is 0.305 e. The molecule has 0 bridgehead atoms. The van der Waals surface area contributed by atoms with E-state index in [-0.39, 0.29) is 23.2 Å². The first kappa shape index (κ1) is 34.3. The molecule has 0 fully saturated rings. The van der Waals surface area contributed by atoms with Crippen LogP contribution in [-0.2, 0) is 20.7 Å². The zero-order valence-electron chi connectivity index (χ0n) is 26.9. The number of anilines is 2. The second-order valence-corrected chi connectivity index (χ2v) is 11.3. The summed E-state index contributed by atoms with van der Waals surface area (Å²) in [6.45, 7) is 4.86. The van der Waals surface area contributed by atoms with Crippen LogP contribution >= 0.6 is 0 Å². The topological polar surface area (TPSA) is 116 Å². The number of quaternary nitrogens is 1. The average Bonchev–Trinajstić information content (AvgIpc) is 3.48. The zero-order chi connectivity index (χ0) is 33.3. The lowest BCUT2D eigenvalue weighted by Crippen LogP contribution is -2.43. The molecule has 13 heteroatoms. The number of benzene rings is 2. The van der Waals surface area contributed by atoms with Gasteiger partial charge in [0.1, 0.15) is 6.54 Å². The Morgan fingerprint density at radius 2 is 1.83 bits per heavy atom. The van der Waals surface area contributed by atoms with Crippen molar-refractivity contribution < 1.29 is 37.1 Å². The number of likely N-dealkylation sites (N-methyl/N-ethyl adjacent to an activating group) is 1. The number of methoxy groups -OCH3 is 2. The highest BCUT2D eigenvalue weighted by Gasteiger charge is 2.20. The molecule has 0 unspecified atom stereocenters. The largest absolute Gasteiger partial charge is 0.494 e. The van der Waals surface area contributed by atoms with Crippen molar-refractivity contribution in [3.8, 4) is 17.0 Å². The third-order valence-electron chi connectivity index (χ3n) is 7.71. The fourth-order valence-corrected chi connectivity index (χ4v) is 5.03. The van der Waals surface area contributed by atoms with E-state index in [1.165, 1.54) is 38.7 Å². The van der Waals surface area contributed by atoms with Gasteiger partial charge in [0.05, 0.1) is 66.4 Å². The number of carbonyl (C=O) groups is 2. The summed E-state index contributed by atoms with van der Waals surface area (Å²) >= 11 is 0. The maximum atomic E-state index is 14.8. The highest BCUT2D eigenvalue weighted by Crippen LogP contribution is 2.31. The number of aryl methyl sites for hydroxylation is 1. The van der Waals surface area contributed by atoms with Gasteiger partial charge < -0.3 is 29.3 Å². The second kappa shape index (κ2) is 15.6. The van der Waals surface area contributed by atoms with Crippen molar-refractivity contribution in [2.24, 2.45) is 0 Å². The number of halogens is 2. The number of imidazole rings is 1. The van der Waals surface area contributed by atoms with Gasteiger partial charge in [-0.1, -0.05) is 6.92 Å². The van der Waals surface area contributed by atoms with Gasteiger partial charge in [-0.15, -0.1) is 0 Å². The number of nitrogens with one attached hydrogen (secondary N) is 2. The SMILES string of the molecule is CCc1cc(Nc2nccn3c(-c4ccc(OC)c(F)c4F)cnc23)ccc1C(=O)NCCOCC[N+](C)(C)CCCC(=O)OC. The van der Waals surface area contributed by atoms with Gasteiger partial charge in [0.25, 0.3) is 5.91 Å². The molecule has 0 spiro atoms. The van der Waals surface area contributed by atoms with Crippen LogP contribution < -0.4 is 15.4 Å². The number of fused-ring (bicyclic) bond motifs is 1. The van der Waals surface area contributed by atoms with Crippen LogP contribution in [0.4, 0.5) is 20.3 Å². The Labute approximate surface area is 267 Å². The summed E-state index contributed by atoms with van der Waals surface area (Å²) in [6, 6.07) is 8.20. The van der Waals surface area contributed by atoms with E-state index in [9.17, 15) is 18.4 Å². The average molecular weight is 640 g/mol. The van der Waals surface area contributed by atoms with Gasteiger partial charge in [0, 0.05) is 42.2 Å². The molecule has 0 saturated carbocycles. The fraction of sp³-hybridized carbons (Fsp3) is 0.394. The summed E-state index contributed by atoms with van der Waals surface area (Å²) in [5.41, 5.74) is 2.88. The van der Waals surface area contributed by atoms with Gasteiger partial charge in [-0.05, 0) is 42.3 Å². The summed E-state index contributed by atoms with van der Waals surface area (Å²) < 4.78 is 46.9. The van der Waals surface area contributed by atoms with E-state index in [2.05, 4.69) is 39.4 Å². The molecule has 0 atom stereocenters. The van der Waals surface area contributed by atoms with E-state index in [0.29, 0.717) is 61.0 Å². The van der Waals surface area contributed by atoms with Gasteiger partial charge in [-0.3, -0.25) is 14.0 Å². The number of nitrogens with zero attached hydrogens (tertiary/aromatic N) is 4. The summed E-state index contributed by atoms with van der Waals surface area (Å²) in [5, 5.41) is 6.16. The smallest absolute Gasteiger partial charge is 0.305 e. The van der Waals surface area contributed by atoms with Crippen molar-refractivity contribution >= 4 is 29.0 Å². The van der Waals surface area contributed by atoms with Crippen molar-refractivity contribution in [1.29, 1.82) is 0 Å². The molecule has 0 aliphatic heterocycles. The van der Waals surface area contributed by atoms with Gasteiger partial charge in [-0.2, -0.15) is 4.39 Å². The Morgan fingerprint density at radius 3 is 2.57 bits per heavy atom. The standard InChI is InChI=1S/C33H40F2N6O5/c1-6-22-20-23(9-10-24(22)33(43)37-14-18-46-19-17-41(2,3)16-7-8-28(42)45-5)39-31-32-38-21-26(40(32)15-13-36-31)25-11-12-27(44-4)30(35)29(25)34/h9-13,15,20-21H,6-8,14,16-19H2,1-5H3,(H-,36,37,39,43)/p+1. The Kier molecular flexibility index (Phi) is 11.6. The minimum absolute atomic E-state index is 0.0347. The van der Waals surface area contributed by atoms with Crippen LogP contribution in [0.25, 0.3) is 16.9 Å². The predicted molar refractivity (Wildman–Crippen MR) is 170 cm³/mol. The van der Waals surface area contributed by atoms with Gasteiger partial charge in [0.2, 0.25) is 5.82 Å². The molecule has 46 heavy (non-hydrogen) atoms. The second-order valence-electron chi connectivity index (χ2n) is 11.3. The zero-order valence-corrected chi connectivity index (χ0v) is 26.9. The predicted octanol–water partition coefficient (Wildman–Crippen LogP) is 4.77. The molecule has 246 valence electrons. The van der Waals surface area contributed by atoms with Crippen LogP contribution in [0.1, 0.15) is 35.7 Å². The number of rotatable bonds is 16. The van der Waals surface area contributed by atoms with Crippen molar-refractivity contribution in [2.75, 3.05) is 66.5 Å². The van der Waals surface area contributed by atoms with Crippen LogP contribution in [0.15, 0.2) is 48.9 Å². The van der Waals surface area contributed by atoms with E-state index in [4.69, 9.17) is 9.47 Å². The van der Waals surface area contributed by atoms with Crippen LogP contribution in [0.2, 0.25) is 0 Å². The number of aromatic nitrogens is 3. The molecule has 1 amide bonds. The lowest BCUT2D eigenvalue weighted by atomic mass is 10.0. The van der Waals surface area contributed by atoms with Crippen LogP contribution in [-0.4, -0.2) is 91.9 Å². The van der Waals surface area contributed by atoms with E-state index in [0.717, 1.165) is 29.6 Å². The summed E-state index contributed by atoms with van der Waals surface area (Å²) in [4.78, 5) is 33.1. The molecule has 0 aliphatic carbocycles. The highest BCUT2D eigenvalue weighted by molar-refractivity contribution is 5.96. The molecular formula is C33H41F2N6O5+. The number of carbonyl (C=O) groups excluding carboxylic acids is 2. The number of hydrogen-bond donors (Lipinski definition) is 2. The first-order chi connectivity index (χ1) is 22.1. The molecule has 0 saturated heterocycles. The molecule has 4 aromatic rings. The molecule has 2 heterocycles. The molecule has 4 rings (SSSR count). The quantitative estimate of drug-likeness (QED) is 0.102. The minimum Gasteiger partial charge on any atom is -0.494 e. The first-order valence-corrected chi connectivity index (χ1v) is 15.1. The number of ether oxygens (including phenoxy) is 3. The Morgan fingerprint density at radius 1 is 1.02 bits per heavy atom. The number of amides is 1. The third kappa shape index (κ3) is 8.34. The van der Waals surface area contributed by atoms with Crippen molar-refractivity contribution in [3.63, 3.8) is 0 Å². The van der Waals surface area contributed by atoms with E-state index in [1.54, 1.807) is 22.7 Å². The molecule has 0 radical (unpaired) electrons. The van der Waals surface area contributed by atoms with Crippen LogP contribution in [0.5, 0.6) is 5.75 Å². The van der Waals surface area contributed by atoms with E-state index in [1.807, 2.05) is 13.0 Å². The Balaban J connectivity index is 1.34. The number of hydrogen-bond acceptors (Lipinski definition) is 8. The molecule has 2 N–H and O–H groups in total. The van der Waals surface area contributed by atoms with Crippen molar-refractivity contribution in [2.45, 2.75) is 26.2 Å². The summed E-state index contributed by atoms with van der Waals surface area (Å²) in [5.74, 6) is -2.28. The van der Waals surface area contributed by atoms with Gasteiger partial charge in [-0.25, -0.2) is 14.4 Å². The van der Waals surface area contributed by atoms with E-state index < -0.39 is 11.6 Å². The van der Waals surface area contributed by atoms with Gasteiger partial charge >= 0.3 is 5.97 Å². The van der Waals surface area contributed by atoms with Crippen LogP contribution in [0, 0.1) is 11.6 Å². The summed E-state index contributed by atoms with van der Waals surface area (Å²) in [6.07, 6.45) is 6.37.